The molecule has 1 saturated heterocycles. The average Bonchev–Trinajstić information content (AvgIpc) is 3.08. The first-order valence-corrected chi connectivity index (χ1v) is 8.87. The van der Waals surface area contributed by atoms with Gasteiger partial charge in [-0.25, -0.2) is 0 Å². The minimum absolute atomic E-state index is 0.672. The topological polar surface area (TPSA) is 15.3 Å². The van der Waals surface area contributed by atoms with Crippen LogP contribution in [0.3, 0.4) is 0 Å². The molecule has 1 saturated carbocycles. The molecular formula is C19H30N2. The third-order valence-corrected chi connectivity index (χ3v) is 5.43. The molecular weight excluding hydrogens is 256 g/mol. The number of nitrogens with one attached hydrogen (secondary N) is 1. The van der Waals surface area contributed by atoms with Crippen molar-refractivity contribution in [2.45, 2.75) is 63.5 Å². The summed E-state index contributed by atoms with van der Waals surface area (Å²) in [7, 11) is 0. The number of benzene rings is 1. The molecule has 3 rings (SSSR count). The zero-order valence-corrected chi connectivity index (χ0v) is 13.4. The maximum absolute atomic E-state index is 3.91. The summed E-state index contributed by atoms with van der Waals surface area (Å²) in [5.41, 5.74) is 1.53. The second-order valence-corrected chi connectivity index (χ2v) is 6.91. The molecule has 2 fully saturated rings. The van der Waals surface area contributed by atoms with Crippen molar-refractivity contribution in [3.8, 4) is 0 Å². The van der Waals surface area contributed by atoms with Crippen LogP contribution in [0.15, 0.2) is 30.3 Å². The van der Waals surface area contributed by atoms with Crippen molar-refractivity contribution < 1.29 is 0 Å². The third kappa shape index (κ3) is 3.87. The fourth-order valence-corrected chi connectivity index (χ4v) is 4.11. The summed E-state index contributed by atoms with van der Waals surface area (Å²) < 4.78 is 0. The average molecular weight is 286 g/mol. The molecule has 3 atom stereocenters. The highest BCUT2D eigenvalue weighted by Gasteiger charge is 2.27. The Balaban J connectivity index is 1.57. The Hall–Kier alpha value is -0.860. The number of rotatable bonds is 5. The highest BCUT2D eigenvalue weighted by molar-refractivity contribution is 5.22. The van der Waals surface area contributed by atoms with Crippen LogP contribution >= 0.6 is 0 Å². The van der Waals surface area contributed by atoms with Crippen LogP contribution < -0.4 is 5.32 Å². The van der Waals surface area contributed by atoms with Gasteiger partial charge >= 0.3 is 0 Å². The van der Waals surface area contributed by atoms with Gasteiger partial charge in [0.15, 0.2) is 0 Å². The molecule has 0 radical (unpaired) electrons. The Morgan fingerprint density at radius 2 is 1.76 bits per heavy atom. The summed E-state index contributed by atoms with van der Waals surface area (Å²) in [5, 5.41) is 3.91. The Labute approximate surface area is 129 Å². The standard InChI is InChI=1S/C19H30N2/c1-16(21-13-7-8-14-21)15-20-19-12-6-5-11-18(19)17-9-3-2-4-10-17/h2-4,9-10,16,18-20H,5-8,11-15H2,1H3. The maximum Gasteiger partial charge on any atom is 0.0192 e. The molecule has 2 nitrogen and oxygen atoms in total. The van der Waals surface area contributed by atoms with E-state index in [0.29, 0.717) is 18.0 Å². The van der Waals surface area contributed by atoms with Crippen molar-refractivity contribution in [1.82, 2.24) is 10.2 Å². The molecule has 2 aliphatic rings. The van der Waals surface area contributed by atoms with E-state index in [-0.39, 0.29) is 0 Å². The molecule has 0 bridgehead atoms. The molecule has 0 aromatic heterocycles. The van der Waals surface area contributed by atoms with Crippen LogP contribution in [0, 0.1) is 0 Å². The van der Waals surface area contributed by atoms with Gasteiger partial charge in [-0.15, -0.1) is 0 Å². The predicted octanol–water partition coefficient (Wildman–Crippen LogP) is 3.79. The normalized spacial score (nSPS) is 28.6. The summed E-state index contributed by atoms with van der Waals surface area (Å²) in [5.74, 6) is 0.714. The lowest BCUT2D eigenvalue weighted by atomic mass is 9.80. The largest absolute Gasteiger partial charge is 0.312 e. The van der Waals surface area contributed by atoms with Gasteiger partial charge in [0.1, 0.15) is 0 Å². The molecule has 1 aliphatic carbocycles. The number of likely N-dealkylation sites (tertiary alicyclic amines) is 1. The van der Waals surface area contributed by atoms with Crippen LogP contribution in [0.2, 0.25) is 0 Å². The SMILES string of the molecule is CC(CNC1CCCCC1c1ccccc1)N1CCCC1. The van der Waals surface area contributed by atoms with Gasteiger partial charge in [-0.2, -0.15) is 0 Å². The van der Waals surface area contributed by atoms with Gasteiger partial charge in [-0.1, -0.05) is 43.2 Å². The first-order chi connectivity index (χ1) is 10.3. The molecule has 21 heavy (non-hydrogen) atoms. The highest BCUT2D eigenvalue weighted by atomic mass is 15.2. The first-order valence-electron chi connectivity index (χ1n) is 8.87. The molecule has 0 spiro atoms. The second-order valence-electron chi connectivity index (χ2n) is 6.91. The molecule has 1 aromatic rings. The van der Waals surface area contributed by atoms with Crippen molar-refractivity contribution in [2.75, 3.05) is 19.6 Å². The van der Waals surface area contributed by atoms with Crippen molar-refractivity contribution in [3.05, 3.63) is 35.9 Å². The Morgan fingerprint density at radius 1 is 1.05 bits per heavy atom. The van der Waals surface area contributed by atoms with Gasteiger partial charge in [0, 0.05) is 18.6 Å². The second kappa shape index (κ2) is 7.42. The molecule has 116 valence electrons. The summed E-state index contributed by atoms with van der Waals surface area (Å²) >= 11 is 0. The molecule has 1 aliphatic heterocycles. The molecule has 0 amide bonds. The van der Waals surface area contributed by atoms with E-state index in [2.05, 4.69) is 47.5 Å². The Morgan fingerprint density at radius 3 is 2.52 bits per heavy atom. The van der Waals surface area contributed by atoms with Crippen LogP contribution in [0.1, 0.15) is 56.9 Å². The summed E-state index contributed by atoms with van der Waals surface area (Å²) in [6.07, 6.45) is 8.24. The fraction of sp³-hybridized carbons (Fsp3) is 0.684. The number of nitrogens with zero attached hydrogens (tertiary/aromatic N) is 1. The molecule has 1 heterocycles. The zero-order valence-electron chi connectivity index (χ0n) is 13.4. The van der Waals surface area contributed by atoms with E-state index in [0.717, 1.165) is 6.54 Å². The summed E-state index contributed by atoms with van der Waals surface area (Å²) in [4.78, 5) is 2.65. The van der Waals surface area contributed by atoms with E-state index in [9.17, 15) is 0 Å². The van der Waals surface area contributed by atoms with E-state index in [1.54, 1.807) is 0 Å². The molecule has 1 aromatic carbocycles. The van der Waals surface area contributed by atoms with Gasteiger partial charge in [0.05, 0.1) is 0 Å². The van der Waals surface area contributed by atoms with Crippen LogP contribution in [0.25, 0.3) is 0 Å². The molecule has 2 heteroatoms. The monoisotopic (exact) mass is 286 g/mol. The first kappa shape index (κ1) is 15.1. The minimum atomic E-state index is 0.672. The Kier molecular flexibility index (Phi) is 5.32. The van der Waals surface area contributed by atoms with Crippen molar-refractivity contribution >= 4 is 0 Å². The smallest absolute Gasteiger partial charge is 0.0192 e. The Bertz CT molecular complexity index is 411. The van der Waals surface area contributed by atoms with Crippen LogP contribution in [-0.4, -0.2) is 36.6 Å². The molecule has 3 unspecified atom stereocenters. The van der Waals surface area contributed by atoms with Crippen LogP contribution in [0.5, 0.6) is 0 Å². The third-order valence-electron chi connectivity index (χ3n) is 5.43. The lowest BCUT2D eigenvalue weighted by molar-refractivity contribution is 0.231. The summed E-state index contributed by atoms with van der Waals surface area (Å²) in [6, 6.07) is 12.5. The van der Waals surface area contributed by atoms with Gasteiger partial charge in [-0.05, 0) is 57.2 Å². The maximum atomic E-state index is 3.91. The number of hydrogen-bond donors (Lipinski definition) is 1. The lowest BCUT2D eigenvalue weighted by Crippen LogP contribution is -2.45. The van der Waals surface area contributed by atoms with Gasteiger partial charge < -0.3 is 5.32 Å². The van der Waals surface area contributed by atoms with Crippen LogP contribution in [0.4, 0.5) is 0 Å². The van der Waals surface area contributed by atoms with Crippen molar-refractivity contribution in [2.24, 2.45) is 0 Å². The predicted molar refractivity (Wildman–Crippen MR) is 89.7 cm³/mol. The fourth-order valence-electron chi connectivity index (χ4n) is 4.11. The lowest BCUT2D eigenvalue weighted by Gasteiger charge is -2.35. The van der Waals surface area contributed by atoms with E-state index < -0.39 is 0 Å². The quantitative estimate of drug-likeness (QED) is 0.886. The van der Waals surface area contributed by atoms with Crippen molar-refractivity contribution in [1.29, 1.82) is 0 Å². The van der Waals surface area contributed by atoms with Gasteiger partial charge in [0.25, 0.3) is 0 Å². The summed E-state index contributed by atoms with van der Waals surface area (Å²) in [6.45, 7) is 6.14. The van der Waals surface area contributed by atoms with E-state index >= 15 is 0 Å². The zero-order chi connectivity index (χ0) is 14.5. The van der Waals surface area contributed by atoms with Gasteiger partial charge in [-0.3, -0.25) is 4.90 Å². The van der Waals surface area contributed by atoms with Crippen molar-refractivity contribution in [3.63, 3.8) is 0 Å². The van der Waals surface area contributed by atoms with Gasteiger partial charge in [0.2, 0.25) is 0 Å². The highest BCUT2D eigenvalue weighted by Crippen LogP contribution is 2.33. The van der Waals surface area contributed by atoms with E-state index in [1.165, 1.54) is 57.2 Å². The molecule has 1 N–H and O–H groups in total. The number of hydrogen-bond acceptors (Lipinski definition) is 2. The van der Waals surface area contributed by atoms with E-state index in [4.69, 9.17) is 0 Å². The van der Waals surface area contributed by atoms with E-state index in [1.807, 2.05) is 0 Å². The van der Waals surface area contributed by atoms with Crippen LogP contribution in [-0.2, 0) is 0 Å². The minimum Gasteiger partial charge on any atom is -0.312 e.